The third kappa shape index (κ3) is 3.21. The molecule has 102 valence electrons. The van der Waals surface area contributed by atoms with E-state index in [0.717, 1.165) is 12.8 Å². The first-order valence-corrected chi connectivity index (χ1v) is 6.25. The number of carbonyl (C=O) groups is 1. The third-order valence-corrected chi connectivity index (χ3v) is 3.20. The van der Waals surface area contributed by atoms with Crippen molar-refractivity contribution in [2.24, 2.45) is 5.73 Å². The Morgan fingerprint density at radius 2 is 2.26 bits per heavy atom. The molecule has 5 nitrogen and oxygen atoms in total. The number of hydrogen-bond acceptors (Lipinski definition) is 2. The number of likely N-dealkylation sites (tertiary alicyclic amines) is 1. The van der Waals surface area contributed by atoms with Crippen LogP contribution < -0.4 is 11.1 Å². The lowest BCUT2D eigenvalue weighted by atomic mass is 10.0. The topological polar surface area (TPSA) is 82.2 Å². The minimum Gasteiger partial charge on any atom is -0.386 e. The molecule has 1 unspecified atom stereocenters. The maximum Gasteiger partial charge on any atom is 0.322 e. The molecule has 19 heavy (non-hydrogen) atoms. The van der Waals surface area contributed by atoms with E-state index in [-0.39, 0.29) is 17.9 Å². The van der Waals surface area contributed by atoms with Gasteiger partial charge in [-0.2, -0.15) is 0 Å². The van der Waals surface area contributed by atoms with E-state index in [2.05, 4.69) is 5.32 Å². The van der Waals surface area contributed by atoms with Crippen molar-refractivity contribution >= 4 is 17.6 Å². The number of carbonyl (C=O) groups excluding carboxylic acids is 1. The smallest absolute Gasteiger partial charge is 0.322 e. The lowest BCUT2D eigenvalue weighted by Gasteiger charge is -2.34. The van der Waals surface area contributed by atoms with E-state index < -0.39 is 5.82 Å². The number of piperidine rings is 1. The van der Waals surface area contributed by atoms with Gasteiger partial charge in [0, 0.05) is 12.2 Å². The fraction of sp³-hybridized carbons (Fsp3) is 0.385. The first kappa shape index (κ1) is 13.3. The van der Waals surface area contributed by atoms with Crippen LogP contribution in [0.2, 0.25) is 0 Å². The Labute approximate surface area is 111 Å². The molecular weight excluding hydrogens is 247 g/mol. The Kier molecular flexibility index (Phi) is 3.99. The van der Waals surface area contributed by atoms with Gasteiger partial charge < -0.3 is 16.0 Å². The molecule has 1 aliphatic heterocycles. The van der Waals surface area contributed by atoms with E-state index in [1.165, 1.54) is 23.1 Å². The standard InChI is InChI=1S/C13H17FN4O/c14-9-4-3-5-10(8-9)17-13(19)18-7-2-1-6-11(18)12(15)16/h3-5,8,11H,1-2,6-7H2,(H3,15,16)(H,17,19). The van der Waals surface area contributed by atoms with Gasteiger partial charge in [-0.25, -0.2) is 9.18 Å². The summed E-state index contributed by atoms with van der Waals surface area (Å²) >= 11 is 0. The predicted octanol–water partition coefficient (Wildman–Crippen LogP) is 2.15. The first-order chi connectivity index (χ1) is 9.08. The Morgan fingerprint density at radius 1 is 1.47 bits per heavy atom. The van der Waals surface area contributed by atoms with E-state index in [9.17, 15) is 9.18 Å². The van der Waals surface area contributed by atoms with Crippen molar-refractivity contribution in [3.8, 4) is 0 Å². The highest BCUT2D eigenvalue weighted by Gasteiger charge is 2.28. The lowest BCUT2D eigenvalue weighted by molar-refractivity contribution is 0.185. The molecular formula is C13H17FN4O. The van der Waals surface area contributed by atoms with Crippen LogP contribution in [0.1, 0.15) is 19.3 Å². The molecule has 1 aromatic carbocycles. The molecule has 1 atom stereocenters. The highest BCUT2D eigenvalue weighted by molar-refractivity contribution is 5.94. The Morgan fingerprint density at radius 3 is 2.95 bits per heavy atom. The van der Waals surface area contributed by atoms with E-state index >= 15 is 0 Å². The molecule has 0 aliphatic carbocycles. The number of nitrogens with zero attached hydrogens (tertiary/aromatic N) is 1. The van der Waals surface area contributed by atoms with Crippen LogP contribution >= 0.6 is 0 Å². The molecule has 0 spiro atoms. The van der Waals surface area contributed by atoms with Crippen LogP contribution in [0.3, 0.4) is 0 Å². The summed E-state index contributed by atoms with van der Waals surface area (Å²) in [6.45, 7) is 0.561. The van der Waals surface area contributed by atoms with Crippen LogP contribution in [-0.2, 0) is 0 Å². The summed E-state index contributed by atoms with van der Waals surface area (Å²) in [5, 5.41) is 10.2. The number of benzene rings is 1. The van der Waals surface area contributed by atoms with Gasteiger partial charge in [0.15, 0.2) is 0 Å². The number of amides is 2. The summed E-state index contributed by atoms with van der Waals surface area (Å²) in [5.74, 6) is -0.409. The van der Waals surface area contributed by atoms with Crippen molar-refractivity contribution in [1.82, 2.24) is 4.90 Å². The summed E-state index contributed by atoms with van der Waals surface area (Å²) in [7, 11) is 0. The van der Waals surface area contributed by atoms with E-state index in [4.69, 9.17) is 11.1 Å². The quantitative estimate of drug-likeness (QED) is 0.565. The van der Waals surface area contributed by atoms with Crippen molar-refractivity contribution in [2.75, 3.05) is 11.9 Å². The summed E-state index contributed by atoms with van der Waals surface area (Å²) in [6, 6.07) is 5.02. The molecule has 1 heterocycles. The van der Waals surface area contributed by atoms with Crippen LogP contribution in [0.15, 0.2) is 24.3 Å². The fourth-order valence-electron chi connectivity index (χ4n) is 2.26. The largest absolute Gasteiger partial charge is 0.386 e. The molecule has 0 aromatic heterocycles. The van der Waals surface area contributed by atoms with Crippen molar-refractivity contribution in [3.05, 3.63) is 30.1 Å². The molecule has 0 bridgehead atoms. The molecule has 1 aromatic rings. The monoisotopic (exact) mass is 264 g/mol. The molecule has 2 rings (SSSR count). The minimum atomic E-state index is -0.403. The van der Waals surface area contributed by atoms with Crippen LogP contribution in [0.25, 0.3) is 0 Å². The van der Waals surface area contributed by atoms with Gasteiger partial charge >= 0.3 is 6.03 Å². The van der Waals surface area contributed by atoms with Crippen LogP contribution in [0.4, 0.5) is 14.9 Å². The number of hydrogen-bond donors (Lipinski definition) is 3. The second-order valence-electron chi connectivity index (χ2n) is 4.60. The molecule has 0 radical (unpaired) electrons. The predicted molar refractivity (Wildman–Crippen MR) is 71.7 cm³/mol. The summed E-state index contributed by atoms with van der Waals surface area (Å²) in [5.41, 5.74) is 5.92. The van der Waals surface area contributed by atoms with Crippen LogP contribution in [0.5, 0.6) is 0 Å². The van der Waals surface area contributed by atoms with Crippen LogP contribution in [0, 0.1) is 11.2 Å². The van der Waals surface area contributed by atoms with Gasteiger partial charge in [0.25, 0.3) is 0 Å². The van der Waals surface area contributed by atoms with Crippen molar-refractivity contribution in [1.29, 1.82) is 5.41 Å². The average Bonchev–Trinajstić information content (AvgIpc) is 2.38. The maximum absolute atomic E-state index is 13.0. The zero-order chi connectivity index (χ0) is 13.8. The molecule has 6 heteroatoms. The summed E-state index contributed by atoms with van der Waals surface area (Å²) < 4.78 is 13.0. The normalized spacial score (nSPS) is 19.0. The molecule has 2 amide bonds. The van der Waals surface area contributed by atoms with Crippen molar-refractivity contribution in [2.45, 2.75) is 25.3 Å². The molecule has 1 fully saturated rings. The molecule has 0 saturated carbocycles. The maximum atomic E-state index is 13.0. The number of halogens is 1. The third-order valence-electron chi connectivity index (χ3n) is 3.20. The fourth-order valence-corrected chi connectivity index (χ4v) is 2.26. The van der Waals surface area contributed by atoms with Crippen LogP contribution in [-0.4, -0.2) is 29.4 Å². The Bertz CT molecular complexity index is 491. The number of nitrogens with two attached hydrogens (primary N) is 1. The van der Waals surface area contributed by atoms with Gasteiger partial charge in [-0.1, -0.05) is 6.07 Å². The zero-order valence-electron chi connectivity index (χ0n) is 10.5. The molecule has 4 N–H and O–H groups in total. The molecule has 1 aliphatic rings. The van der Waals surface area contributed by atoms with E-state index in [1.807, 2.05) is 0 Å². The number of urea groups is 1. The average molecular weight is 264 g/mol. The number of anilines is 1. The van der Waals surface area contributed by atoms with Gasteiger partial charge in [0.2, 0.25) is 0 Å². The van der Waals surface area contributed by atoms with E-state index in [0.29, 0.717) is 18.7 Å². The second kappa shape index (κ2) is 5.69. The number of rotatable bonds is 2. The van der Waals surface area contributed by atoms with Gasteiger partial charge in [-0.15, -0.1) is 0 Å². The van der Waals surface area contributed by atoms with Gasteiger partial charge in [-0.05, 0) is 37.5 Å². The minimum absolute atomic E-state index is 0.00547. The molecule has 1 saturated heterocycles. The Balaban J connectivity index is 2.07. The highest BCUT2D eigenvalue weighted by Crippen LogP contribution is 2.18. The first-order valence-electron chi connectivity index (χ1n) is 6.25. The van der Waals surface area contributed by atoms with Crippen molar-refractivity contribution in [3.63, 3.8) is 0 Å². The SMILES string of the molecule is N=C(N)C1CCCCN1C(=O)Nc1cccc(F)c1. The second-order valence-corrected chi connectivity index (χ2v) is 4.60. The van der Waals surface area contributed by atoms with Gasteiger partial charge in [-0.3, -0.25) is 5.41 Å². The van der Waals surface area contributed by atoms with Crippen molar-refractivity contribution < 1.29 is 9.18 Å². The van der Waals surface area contributed by atoms with E-state index in [1.54, 1.807) is 6.07 Å². The highest BCUT2D eigenvalue weighted by atomic mass is 19.1. The lowest BCUT2D eigenvalue weighted by Crippen LogP contribution is -2.51. The number of nitrogens with one attached hydrogen (secondary N) is 2. The van der Waals surface area contributed by atoms with Gasteiger partial charge in [0.1, 0.15) is 11.7 Å². The Hall–Kier alpha value is -2.11. The summed E-state index contributed by atoms with van der Waals surface area (Å²) in [4.78, 5) is 13.7. The van der Waals surface area contributed by atoms with Gasteiger partial charge in [0.05, 0.1) is 6.04 Å². The summed E-state index contributed by atoms with van der Waals surface area (Å²) in [6.07, 6.45) is 2.54. The zero-order valence-corrected chi connectivity index (χ0v) is 10.5. The number of amidine groups is 1.